The third-order valence-corrected chi connectivity index (χ3v) is 5.66. The number of hydrogen-bond acceptors (Lipinski definition) is 9. The van der Waals surface area contributed by atoms with E-state index in [1.54, 1.807) is 29.2 Å². The SMILES string of the molecule is CC(=O)c1ccc(C(=O)N[C@@H](CCCCN)C(=O)N2C[C@H](N)C[C@H](N)C2)cc1.O=C(O)C(F)(F)F.O=C(O)C(F)(F)F.O=C(O)C(F)(F)F. The maximum absolute atomic E-state index is 13.0. The van der Waals surface area contributed by atoms with Crippen molar-refractivity contribution >= 4 is 35.5 Å². The largest absolute Gasteiger partial charge is 0.490 e. The van der Waals surface area contributed by atoms with E-state index in [-0.39, 0.29) is 29.7 Å². The molecule has 3 atom stereocenters. The van der Waals surface area contributed by atoms with Gasteiger partial charge in [0.05, 0.1) is 0 Å². The number of ketones is 1. The highest BCUT2D eigenvalue weighted by Crippen LogP contribution is 2.15. The molecule has 1 saturated heterocycles. The van der Waals surface area contributed by atoms with Gasteiger partial charge in [-0.25, -0.2) is 14.4 Å². The molecule has 49 heavy (non-hydrogen) atoms. The van der Waals surface area contributed by atoms with Gasteiger partial charge in [-0.1, -0.05) is 12.1 Å². The molecule has 1 aromatic rings. The molecule has 0 unspecified atom stereocenters. The van der Waals surface area contributed by atoms with Crippen LogP contribution in [-0.2, 0) is 19.2 Å². The lowest BCUT2D eigenvalue weighted by molar-refractivity contribution is -0.193. The Labute approximate surface area is 271 Å². The number of carboxylic acids is 3. The number of hydrogen-bond donors (Lipinski definition) is 7. The van der Waals surface area contributed by atoms with Crippen molar-refractivity contribution in [2.45, 2.75) is 69.3 Å². The number of alkyl halides is 9. The van der Waals surface area contributed by atoms with E-state index in [4.69, 9.17) is 46.9 Å². The van der Waals surface area contributed by atoms with Gasteiger partial charge in [0, 0.05) is 36.3 Å². The maximum atomic E-state index is 13.0. The van der Waals surface area contributed by atoms with Crippen LogP contribution in [0.15, 0.2) is 24.3 Å². The molecule has 23 heteroatoms. The summed E-state index contributed by atoms with van der Waals surface area (Å²) in [5.74, 6) is -8.87. The molecular weight excluding hydrogens is 697 g/mol. The standard InChI is InChI=1S/C20H31N5O3.3C2HF3O2/c1-13(26)14-5-7-15(8-6-14)19(27)24-18(4-2-3-9-21)20(28)25-11-16(22)10-17(23)12-25;3*3-2(4,5)1(6)7/h5-8,16-18H,2-4,9-12,21-23H2,1H3,(H,24,27);3*(H,6,7)/t16-,17+,18-;;;/m0.../s1. The number of piperidine rings is 1. The van der Waals surface area contributed by atoms with Crippen LogP contribution in [0.25, 0.3) is 0 Å². The number of aliphatic carboxylic acids is 3. The second-order valence-corrected chi connectivity index (χ2v) is 9.85. The summed E-state index contributed by atoms with van der Waals surface area (Å²) >= 11 is 0. The number of benzene rings is 1. The zero-order valence-corrected chi connectivity index (χ0v) is 25.4. The average molecular weight is 732 g/mol. The van der Waals surface area contributed by atoms with E-state index < -0.39 is 42.5 Å². The van der Waals surface area contributed by atoms with Crippen molar-refractivity contribution in [2.75, 3.05) is 19.6 Å². The van der Waals surface area contributed by atoms with E-state index in [0.717, 1.165) is 12.8 Å². The third-order valence-electron chi connectivity index (χ3n) is 5.66. The first-order chi connectivity index (χ1) is 22.1. The Bertz CT molecular complexity index is 1190. The summed E-state index contributed by atoms with van der Waals surface area (Å²) in [6.07, 6.45) is -12.6. The predicted molar refractivity (Wildman–Crippen MR) is 149 cm³/mol. The molecule has 10 N–H and O–H groups in total. The molecule has 1 aromatic carbocycles. The van der Waals surface area contributed by atoms with E-state index in [2.05, 4.69) is 5.32 Å². The number of halogens is 9. The highest BCUT2D eigenvalue weighted by atomic mass is 19.4. The minimum atomic E-state index is -5.08. The highest BCUT2D eigenvalue weighted by Gasteiger charge is 2.39. The average Bonchev–Trinajstić information content (AvgIpc) is 2.95. The Hall–Kier alpha value is -4.51. The van der Waals surface area contributed by atoms with Crippen LogP contribution >= 0.6 is 0 Å². The van der Waals surface area contributed by atoms with Crippen LogP contribution in [0.3, 0.4) is 0 Å². The molecule has 1 heterocycles. The fourth-order valence-corrected chi connectivity index (χ4v) is 3.43. The molecule has 14 nitrogen and oxygen atoms in total. The number of nitrogens with one attached hydrogen (secondary N) is 1. The Morgan fingerprint density at radius 3 is 1.41 bits per heavy atom. The van der Waals surface area contributed by atoms with Crippen molar-refractivity contribution in [3.05, 3.63) is 35.4 Å². The van der Waals surface area contributed by atoms with E-state index in [9.17, 15) is 53.9 Å². The Morgan fingerprint density at radius 1 is 0.755 bits per heavy atom. The summed E-state index contributed by atoms with van der Waals surface area (Å²) < 4.78 is 95.2. The van der Waals surface area contributed by atoms with Crippen molar-refractivity contribution in [3.63, 3.8) is 0 Å². The molecule has 0 aliphatic carbocycles. The molecule has 2 amide bonds. The first-order valence-corrected chi connectivity index (χ1v) is 13.5. The quantitative estimate of drug-likeness (QED) is 0.115. The molecule has 280 valence electrons. The molecule has 0 spiro atoms. The number of carbonyl (C=O) groups excluding carboxylic acids is 3. The van der Waals surface area contributed by atoms with Gasteiger partial charge in [-0.05, 0) is 51.3 Å². The van der Waals surface area contributed by atoms with E-state index in [1.165, 1.54) is 6.92 Å². The number of carbonyl (C=O) groups is 6. The fourth-order valence-electron chi connectivity index (χ4n) is 3.43. The summed E-state index contributed by atoms with van der Waals surface area (Å²) in [6.45, 7) is 2.86. The van der Waals surface area contributed by atoms with Crippen LogP contribution in [-0.4, -0.2) is 112 Å². The lowest BCUT2D eigenvalue weighted by Crippen LogP contribution is -2.58. The van der Waals surface area contributed by atoms with Crippen LogP contribution < -0.4 is 22.5 Å². The summed E-state index contributed by atoms with van der Waals surface area (Å²) in [5.41, 5.74) is 18.5. The van der Waals surface area contributed by atoms with Crippen molar-refractivity contribution in [1.29, 1.82) is 0 Å². The molecule has 0 bridgehead atoms. The lowest BCUT2D eigenvalue weighted by Gasteiger charge is -2.36. The monoisotopic (exact) mass is 731 g/mol. The zero-order chi connectivity index (χ0) is 38.9. The topological polar surface area (TPSA) is 256 Å². The number of carboxylic acid groups (broad SMARTS) is 3. The number of Topliss-reactive ketones (excluding diaryl/α,β-unsaturated/α-hetero) is 1. The van der Waals surface area contributed by atoms with Crippen LogP contribution in [0.2, 0.25) is 0 Å². The van der Waals surface area contributed by atoms with Gasteiger partial charge >= 0.3 is 36.4 Å². The van der Waals surface area contributed by atoms with Crippen LogP contribution in [0.4, 0.5) is 39.5 Å². The lowest BCUT2D eigenvalue weighted by atomic mass is 10.00. The third kappa shape index (κ3) is 20.5. The fraction of sp³-hybridized carbons (Fsp3) is 0.538. The van der Waals surface area contributed by atoms with Gasteiger partial charge in [0.15, 0.2) is 5.78 Å². The number of nitrogens with two attached hydrogens (primary N) is 3. The van der Waals surface area contributed by atoms with Gasteiger partial charge in [0.25, 0.3) is 5.91 Å². The molecular formula is C26H34F9N5O9. The molecule has 1 fully saturated rings. The van der Waals surface area contributed by atoms with Crippen molar-refractivity contribution in [3.8, 4) is 0 Å². The van der Waals surface area contributed by atoms with E-state index in [0.29, 0.717) is 43.6 Å². The molecule has 0 aromatic heterocycles. The number of likely N-dealkylation sites (tertiary alicyclic amines) is 1. The normalized spacial score (nSPS) is 16.6. The van der Waals surface area contributed by atoms with Crippen molar-refractivity contribution in [1.82, 2.24) is 10.2 Å². The minimum Gasteiger partial charge on any atom is -0.475 e. The molecule has 0 radical (unpaired) electrons. The van der Waals surface area contributed by atoms with Crippen molar-refractivity contribution in [2.24, 2.45) is 17.2 Å². The molecule has 2 rings (SSSR count). The second kappa shape index (κ2) is 20.8. The highest BCUT2D eigenvalue weighted by molar-refractivity contribution is 5.99. The van der Waals surface area contributed by atoms with Gasteiger partial charge in [0.1, 0.15) is 6.04 Å². The van der Waals surface area contributed by atoms with Crippen LogP contribution in [0.1, 0.15) is 53.3 Å². The summed E-state index contributed by atoms with van der Waals surface area (Å²) in [5, 5.41) is 24.2. The minimum absolute atomic E-state index is 0.0698. The van der Waals surface area contributed by atoms with Gasteiger partial charge in [-0.3, -0.25) is 14.4 Å². The Kier molecular flexibility index (Phi) is 19.8. The Balaban J connectivity index is 0. The van der Waals surface area contributed by atoms with Gasteiger partial charge in [-0.15, -0.1) is 0 Å². The predicted octanol–water partition coefficient (Wildman–Crippen LogP) is 1.90. The second-order valence-electron chi connectivity index (χ2n) is 9.85. The van der Waals surface area contributed by atoms with Crippen LogP contribution in [0.5, 0.6) is 0 Å². The van der Waals surface area contributed by atoms with Gasteiger partial charge in [-0.2, -0.15) is 39.5 Å². The number of nitrogens with zero attached hydrogens (tertiary/aromatic N) is 1. The number of amides is 2. The molecule has 1 aliphatic heterocycles. The zero-order valence-electron chi connectivity index (χ0n) is 25.4. The van der Waals surface area contributed by atoms with E-state index >= 15 is 0 Å². The maximum Gasteiger partial charge on any atom is 0.490 e. The van der Waals surface area contributed by atoms with Gasteiger partial charge in [0.2, 0.25) is 5.91 Å². The smallest absolute Gasteiger partial charge is 0.475 e. The summed E-state index contributed by atoms with van der Waals surface area (Å²) in [7, 11) is 0. The van der Waals surface area contributed by atoms with Crippen LogP contribution in [0, 0.1) is 0 Å². The Morgan fingerprint density at radius 2 is 1.10 bits per heavy atom. The summed E-state index contributed by atoms with van der Waals surface area (Å²) in [6, 6.07) is 5.39. The first kappa shape index (κ1) is 46.6. The number of unbranched alkanes of at least 4 members (excludes halogenated alkanes) is 1. The first-order valence-electron chi connectivity index (χ1n) is 13.5. The number of rotatable bonds is 8. The molecule has 0 saturated carbocycles. The van der Waals surface area contributed by atoms with Gasteiger partial charge < -0.3 is 42.7 Å². The molecule has 1 aliphatic rings. The van der Waals surface area contributed by atoms with Crippen molar-refractivity contribution < 1.29 is 83.6 Å². The van der Waals surface area contributed by atoms with E-state index in [1.807, 2.05) is 0 Å². The summed E-state index contributed by atoms with van der Waals surface area (Å²) in [4.78, 5) is 65.4.